The normalized spacial score (nSPS) is 20.4. The zero-order valence-electron chi connectivity index (χ0n) is 10.5. The molecule has 16 heavy (non-hydrogen) atoms. The highest BCUT2D eigenvalue weighted by Gasteiger charge is 2.42. The Morgan fingerprint density at radius 3 is 2.38 bits per heavy atom. The van der Waals surface area contributed by atoms with Crippen LogP contribution in [0.3, 0.4) is 0 Å². The maximum Gasteiger partial charge on any atom is 0.229 e. The number of hydrogen-bond acceptors (Lipinski definition) is 2. The molecular formula is C12H22N2OS. The van der Waals surface area contributed by atoms with Gasteiger partial charge in [-0.1, -0.05) is 32.0 Å². The summed E-state index contributed by atoms with van der Waals surface area (Å²) < 4.78 is 0. The average Bonchev–Trinajstić information content (AvgIpc) is 2.75. The third-order valence-corrected chi connectivity index (χ3v) is 4.35. The van der Waals surface area contributed by atoms with Crippen molar-refractivity contribution in [3.8, 4) is 0 Å². The topological polar surface area (TPSA) is 46.3 Å². The molecule has 0 radical (unpaired) electrons. The summed E-state index contributed by atoms with van der Waals surface area (Å²) in [5.74, 6) is 0.216. The third-order valence-electron chi connectivity index (χ3n) is 4.00. The van der Waals surface area contributed by atoms with E-state index in [1.54, 1.807) is 4.90 Å². The van der Waals surface area contributed by atoms with Crippen molar-refractivity contribution in [2.75, 3.05) is 7.05 Å². The van der Waals surface area contributed by atoms with E-state index in [9.17, 15) is 4.79 Å². The van der Waals surface area contributed by atoms with Crippen LogP contribution in [0.2, 0.25) is 0 Å². The molecule has 0 aliphatic heterocycles. The van der Waals surface area contributed by atoms with Crippen molar-refractivity contribution in [2.24, 2.45) is 11.1 Å². The molecule has 0 saturated heterocycles. The molecule has 1 fully saturated rings. The van der Waals surface area contributed by atoms with E-state index in [0.29, 0.717) is 4.99 Å². The molecule has 1 rings (SSSR count). The number of carbonyl (C=O) groups excluding carboxylic acids is 1. The molecule has 0 aromatic heterocycles. The lowest BCUT2D eigenvalue weighted by Gasteiger charge is -2.34. The smallest absolute Gasteiger partial charge is 0.229 e. The van der Waals surface area contributed by atoms with Crippen molar-refractivity contribution < 1.29 is 4.79 Å². The second kappa shape index (κ2) is 5.13. The number of amides is 1. The first-order chi connectivity index (χ1) is 7.44. The predicted molar refractivity (Wildman–Crippen MR) is 70.2 cm³/mol. The van der Waals surface area contributed by atoms with E-state index in [-0.39, 0.29) is 17.4 Å². The first-order valence-electron chi connectivity index (χ1n) is 6.01. The Morgan fingerprint density at radius 1 is 1.50 bits per heavy atom. The highest BCUT2D eigenvalue weighted by molar-refractivity contribution is 7.80. The fraction of sp³-hybridized carbons (Fsp3) is 0.833. The Labute approximate surface area is 103 Å². The Bertz CT molecular complexity index is 285. The molecule has 0 aromatic carbocycles. The largest absolute Gasteiger partial charge is 0.392 e. The van der Waals surface area contributed by atoms with Crippen LogP contribution >= 0.6 is 12.2 Å². The van der Waals surface area contributed by atoms with Gasteiger partial charge in [0, 0.05) is 12.5 Å². The quantitative estimate of drug-likeness (QED) is 0.768. The molecule has 2 N–H and O–H groups in total. The van der Waals surface area contributed by atoms with Gasteiger partial charge in [-0.05, 0) is 26.2 Å². The Balaban J connectivity index is 2.79. The molecule has 92 valence electrons. The molecule has 1 atom stereocenters. The predicted octanol–water partition coefficient (Wildman–Crippen LogP) is 2.09. The lowest BCUT2D eigenvalue weighted by molar-refractivity contribution is -0.141. The summed E-state index contributed by atoms with van der Waals surface area (Å²) in [6, 6.07) is -0.147. The fourth-order valence-corrected chi connectivity index (χ4v) is 2.67. The summed E-state index contributed by atoms with van der Waals surface area (Å²) in [6.45, 7) is 3.99. The number of likely N-dealkylation sites (N-methyl/N-ethyl adjacent to an activating group) is 1. The van der Waals surface area contributed by atoms with Crippen LogP contribution in [0, 0.1) is 5.41 Å². The zero-order chi connectivity index (χ0) is 12.3. The number of nitrogens with two attached hydrogens (primary N) is 1. The summed E-state index contributed by atoms with van der Waals surface area (Å²) >= 11 is 4.94. The monoisotopic (exact) mass is 242 g/mol. The summed E-state index contributed by atoms with van der Waals surface area (Å²) in [7, 11) is 1.81. The molecule has 4 heteroatoms. The van der Waals surface area contributed by atoms with Gasteiger partial charge in [-0.25, -0.2) is 0 Å². The second-order valence-corrected chi connectivity index (χ2v) is 5.31. The van der Waals surface area contributed by atoms with Crippen LogP contribution in [0.15, 0.2) is 0 Å². The number of rotatable bonds is 4. The van der Waals surface area contributed by atoms with E-state index in [4.69, 9.17) is 18.0 Å². The molecule has 1 amide bonds. The molecule has 0 heterocycles. The highest BCUT2D eigenvalue weighted by atomic mass is 32.1. The maximum atomic E-state index is 12.5. The van der Waals surface area contributed by atoms with Crippen LogP contribution in [0.4, 0.5) is 0 Å². The van der Waals surface area contributed by atoms with Crippen LogP contribution in [0.1, 0.15) is 46.0 Å². The minimum absolute atomic E-state index is 0.145. The molecule has 0 spiro atoms. The van der Waals surface area contributed by atoms with Crippen molar-refractivity contribution in [1.29, 1.82) is 0 Å². The maximum absolute atomic E-state index is 12.5. The Hall–Kier alpha value is -0.640. The molecule has 1 aliphatic rings. The second-order valence-electron chi connectivity index (χ2n) is 4.84. The van der Waals surface area contributed by atoms with Crippen molar-refractivity contribution in [3.05, 3.63) is 0 Å². The highest BCUT2D eigenvalue weighted by Crippen LogP contribution is 2.42. The van der Waals surface area contributed by atoms with Gasteiger partial charge in [0.05, 0.1) is 11.0 Å². The number of thiocarbonyl (C=S) groups is 1. The molecule has 0 aromatic rings. The van der Waals surface area contributed by atoms with Crippen LogP contribution in [0.25, 0.3) is 0 Å². The molecule has 0 bridgehead atoms. The van der Waals surface area contributed by atoms with E-state index in [1.165, 1.54) is 0 Å². The first kappa shape index (κ1) is 13.4. The van der Waals surface area contributed by atoms with Gasteiger partial charge < -0.3 is 10.6 Å². The standard InChI is InChI=1S/C12H22N2OS/c1-4-12(7-5-6-8-12)11(15)14(3)9(2)10(13)16/h9H,4-8H2,1-3H3,(H2,13,16). The zero-order valence-corrected chi connectivity index (χ0v) is 11.3. The molecule has 1 aliphatic carbocycles. The van der Waals surface area contributed by atoms with Crippen LogP contribution in [-0.2, 0) is 4.79 Å². The minimum atomic E-state index is -0.147. The minimum Gasteiger partial charge on any atom is -0.392 e. The average molecular weight is 242 g/mol. The van der Waals surface area contributed by atoms with Gasteiger partial charge >= 0.3 is 0 Å². The van der Waals surface area contributed by atoms with Crippen LogP contribution < -0.4 is 5.73 Å². The Morgan fingerprint density at radius 2 is 2.00 bits per heavy atom. The van der Waals surface area contributed by atoms with E-state index in [0.717, 1.165) is 32.1 Å². The molecular weight excluding hydrogens is 220 g/mol. The lowest BCUT2D eigenvalue weighted by Crippen LogP contribution is -2.48. The summed E-state index contributed by atoms with van der Waals surface area (Å²) in [4.78, 5) is 14.6. The number of carbonyl (C=O) groups is 1. The van der Waals surface area contributed by atoms with E-state index in [1.807, 2.05) is 14.0 Å². The van der Waals surface area contributed by atoms with Gasteiger partial charge in [-0.3, -0.25) is 4.79 Å². The Kier molecular flexibility index (Phi) is 4.30. The van der Waals surface area contributed by atoms with Gasteiger partial charge in [0.1, 0.15) is 0 Å². The van der Waals surface area contributed by atoms with Crippen molar-refractivity contribution in [3.63, 3.8) is 0 Å². The van der Waals surface area contributed by atoms with E-state index < -0.39 is 0 Å². The molecule has 1 unspecified atom stereocenters. The van der Waals surface area contributed by atoms with Gasteiger partial charge in [0.2, 0.25) is 5.91 Å². The number of hydrogen-bond donors (Lipinski definition) is 1. The van der Waals surface area contributed by atoms with Gasteiger partial charge in [-0.2, -0.15) is 0 Å². The third kappa shape index (κ3) is 2.37. The van der Waals surface area contributed by atoms with Gasteiger partial charge in [-0.15, -0.1) is 0 Å². The van der Waals surface area contributed by atoms with E-state index >= 15 is 0 Å². The molecule has 3 nitrogen and oxygen atoms in total. The summed E-state index contributed by atoms with van der Waals surface area (Å²) in [5.41, 5.74) is 5.45. The SMILES string of the molecule is CCC1(C(=O)N(C)C(C)C(N)=S)CCCC1. The van der Waals surface area contributed by atoms with Crippen molar-refractivity contribution in [1.82, 2.24) is 4.90 Å². The van der Waals surface area contributed by atoms with Gasteiger partial charge in [0.15, 0.2) is 0 Å². The summed E-state index contributed by atoms with van der Waals surface area (Å²) in [5, 5.41) is 0. The first-order valence-corrected chi connectivity index (χ1v) is 6.42. The summed E-state index contributed by atoms with van der Waals surface area (Å²) in [6.07, 6.45) is 5.26. The lowest BCUT2D eigenvalue weighted by atomic mass is 9.81. The van der Waals surface area contributed by atoms with Crippen LogP contribution in [-0.4, -0.2) is 28.9 Å². The molecule has 1 saturated carbocycles. The van der Waals surface area contributed by atoms with E-state index in [2.05, 4.69) is 6.92 Å². The van der Waals surface area contributed by atoms with Crippen LogP contribution in [0.5, 0.6) is 0 Å². The van der Waals surface area contributed by atoms with Crippen molar-refractivity contribution in [2.45, 2.75) is 52.0 Å². The fourth-order valence-electron chi connectivity index (χ4n) is 2.51. The van der Waals surface area contributed by atoms with Crippen molar-refractivity contribution >= 4 is 23.1 Å². The number of nitrogens with zero attached hydrogens (tertiary/aromatic N) is 1. The van der Waals surface area contributed by atoms with Gasteiger partial charge in [0.25, 0.3) is 0 Å².